The Labute approximate surface area is 161 Å². The van der Waals surface area contributed by atoms with Crippen LogP contribution in [-0.2, 0) is 6.54 Å². The number of pyridine rings is 1. The van der Waals surface area contributed by atoms with Crippen LogP contribution >= 0.6 is 0 Å². The molecule has 5 heteroatoms. The fourth-order valence-corrected chi connectivity index (χ4v) is 4.54. The van der Waals surface area contributed by atoms with Gasteiger partial charge in [-0.05, 0) is 55.6 Å². The number of methoxy groups -OCH3 is 1. The number of carbonyl (C=O) groups is 1. The molecule has 1 atom stereocenters. The Morgan fingerprint density at radius 2 is 2.00 bits per heavy atom. The smallest absolute Gasteiger partial charge is 0.255 e. The molecule has 0 saturated carbocycles. The first kappa shape index (κ1) is 18.0. The van der Waals surface area contributed by atoms with Gasteiger partial charge in [0, 0.05) is 44.0 Å². The fraction of sp³-hybridized carbons (Fsp3) is 0.455. The summed E-state index contributed by atoms with van der Waals surface area (Å²) in [5, 5.41) is 0. The van der Waals surface area contributed by atoms with Gasteiger partial charge in [0.1, 0.15) is 5.75 Å². The predicted octanol–water partition coefficient (Wildman–Crippen LogP) is 3.22. The van der Waals surface area contributed by atoms with Crippen molar-refractivity contribution in [2.75, 3.05) is 33.3 Å². The predicted molar refractivity (Wildman–Crippen MR) is 105 cm³/mol. The van der Waals surface area contributed by atoms with Gasteiger partial charge in [0.25, 0.3) is 5.91 Å². The van der Waals surface area contributed by atoms with Gasteiger partial charge in [0.15, 0.2) is 0 Å². The summed E-state index contributed by atoms with van der Waals surface area (Å²) in [6.45, 7) is 4.84. The van der Waals surface area contributed by atoms with E-state index in [0.29, 0.717) is 5.56 Å². The zero-order chi connectivity index (χ0) is 18.7. The third kappa shape index (κ3) is 3.98. The highest BCUT2D eigenvalue weighted by atomic mass is 16.5. The van der Waals surface area contributed by atoms with E-state index in [1.54, 1.807) is 19.5 Å². The number of carbonyl (C=O) groups excluding carboxylic acids is 1. The fourth-order valence-electron chi connectivity index (χ4n) is 4.54. The van der Waals surface area contributed by atoms with E-state index in [1.807, 2.05) is 29.2 Å². The second-order valence-corrected chi connectivity index (χ2v) is 7.88. The number of nitrogens with zero attached hydrogens (tertiary/aromatic N) is 3. The number of benzene rings is 1. The summed E-state index contributed by atoms with van der Waals surface area (Å²) in [5.41, 5.74) is 2.25. The monoisotopic (exact) mass is 365 g/mol. The molecule has 0 aliphatic carbocycles. The van der Waals surface area contributed by atoms with Crippen molar-refractivity contribution >= 4 is 5.91 Å². The molecule has 27 heavy (non-hydrogen) atoms. The first-order chi connectivity index (χ1) is 13.2. The largest absolute Gasteiger partial charge is 0.497 e. The highest BCUT2D eigenvalue weighted by Gasteiger charge is 2.42. The van der Waals surface area contributed by atoms with Crippen molar-refractivity contribution in [2.24, 2.45) is 5.41 Å². The van der Waals surface area contributed by atoms with E-state index in [9.17, 15) is 4.79 Å². The summed E-state index contributed by atoms with van der Waals surface area (Å²) < 4.78 is 5.24. The lowest BCUT2D eigenvalue weighted by atomic mass is 9.79. The molecule has 4 rings (SSSR count). The summed E-state index contributed by atoms with van der Waals surface area (Å²) in [4.78, 5) is 21.5. The van der Waals surface area contributed by atoms with Crippen LogP contribution in [0.4, 0.5) is 0 Å². The molecular formula is C22H27N3O2. The lowest BCUT2D eigenvalue weighted by molar-refractivity contribution is 0.0526. The summed E-state index contributed by atoms with van der Waals surface area (Å²) >= 11 is 0. The minimum absolute atomic E-state index is 0.121. The third-order valence-corrected chi connectivity index (χ3v) is 5.94. The van der Waals surface area contributed by atoms with Gasteiger partial charge in [-0.3, -0.25) is 14.7 Å². The van der Waals surface area contributed by atoms with Gasteiger partial charge in [-0.1, -0.05) is 12.1 Å². The third-order valence-electron chi connectivity index (χ3n) is 5.94. The topological polar surface area (TPSA) is 45.7 Å². The molecule has 1 unspecified atom stereocenters. The molecule has 1 amide bonds. The van der Waals surface area contributed by atoms with Crippen LogP contribution in [0.15, 0.2) is 48.8 Å². The van der Waals surface area contributed by atoms with Gasteiger partial charge in [0.05, 0.1) is 12.7 Å². The molecular weight excluding hydrogens is 338 g/mol. The van der Waals surface area contributed by atoms with E-state index in [4.69, 9.17) is 4.74 Å². The van der Waals surface area contributed by atoms with Crippen LogP contribution in [0.5, 0.6) is 5.75 Å². The van der Waals surface area contributed by atoms with Crippen molar-refractivity contribution in [2.45, 2.75) is 25.8 Å². The zero-order valence-electron chi connectivity index (χ0n) is 15.9. The Morgan fingerprint density at radius 1 is 1.15 bits per heavy atom. The number of hydrogen-bond donors (Lipinski definition) is 0. The van der Waals surface area contributed by atoms with Gasteiger partial charge in [-0.2, -0.15) is 0 Å². The Balaban J connectivity index is 1.39. The molecule has 142 valence electrons. The summed E-state index contributed by atoms with van der Waals surface area (Å²) in [5.74, 6) is 1.02. The number of aromatic nitrogens is 1. The number of rotatable bonds is 4. The molecule has 2 saturated heterocycles. The SMILES string of the molecule is COc1ccc(CN2CCC3(CCCN(C(=O)c4cccnc4)C3)C2)cc1. The van der Waals surface area contributed by atoms with Gasteiger partial charge >= 0.3 is 0 Å². The maximum atomic E-state index is 12.8. The molecule has 3 heterocycles. The molecule has 1 aromatic carbocycles. The number of amides is 1. The zero-order valence-corrected chi connectivity index (χ0v) is 15.9. The maximum Gasteiger partial charge on any atom is 0.255 e. The highest BCUT2D eigenvalue weighted by molar-refractivity contribution is 5.94. The average molecular weight is 365 g/mol. The molecule has 1 spiro atoms. The molecule has 2 aromatic rings. The minimum Gasteiger partial charge on any atom is -0.497 e. The first-order valence-electron chi connectivity index (χ1n) is 9.72. The molecule has 0 bridgehead atoms. The van der Waals surface area contributed by atoms with Crippen LogP contribution in [0, 0.1) is 5.41 Å². The van der Waals surface area contributed by atoms with E-state index in [-0.39, 0.29) is 11.3 Å². The van der Waals surface area contributed by atoms with Crippen molar-refractivity contribution in [3.8, 4) is 5.75 Å². The summed E-state index contributed by atoms with van der Waals surface area (Å²) in [6.07, 6.45) is 6.85. The standard InChI is InChI=1S/C22H27N3O2/c1-27-20-7-5-18(6-8-20)15-24-13-10-22(16-24)9-3-12-25(17-22)21(26)19-4-2-11-23-14-19/h2,4-8,11,14H,3,9-10,12-13,15-17H2,1H3. The highest BCUT2D eigenvalue weighted by Crippen LogP contribution is 2.39. The molecule has 2 fully saturated rings. The Hall–Kier alpha value is -2.40. The normalized spacial score (nSPS) is 22.9. The number of hydrogen-bond acceptors (Lipinski definition) is 4. The van der Waals surface area contributed by atoms with Crippen LogP contribution in [0.1, 0.15) is 35.2 Å². The van der Waals surface area contributed by atoms with E-state index in [2.05, 4.69) is 22.0 Å². The first-order valence-corrected chi connectivity index (χ1v) is 9.72. The van der Waals surface area contributed by atoms with Crippen LogP contribution in [0.25, 0.3) is 0 Å². The quantitative estimate of drug-likeness (QED) is 0.835. The summed E-state index contributed by atoms with van der Waals surface area (Å²) in [7, 11) is 1.70. The van der Waals surface area contributed by atoms with Crippen LogP contribution in [0.3, 0.4) is 0 Å². The van der Waals surface area contributed by atoms with E-state index < -0.39 is 0 Å². The van der Waals surface area contributed by atoms with E-state index in [0.717, 1.165) is 44.9 Å². The van der Waals surface area contributed by atoms with Crippen LogP contribution < -0.4 is 4.74 Å². The molecule has 1 aromatic heterocycles. The van der Waals surface area contributed by atoms with E-state index >= 15 is 0 Å². The van der Waals surface area contributed by atoms with Crippen molar-refractivity contribution in [3.05, 3.63) is 59.9 Å². The summed E-state index contributed by atoms with van der Waals surface area (Å²) in [6, 6.07) is 12.0. The maximum absolute atomic E-state index is 12.8. The lowest BCUT2D eigenvalue weighted by Gasteiger charge is -2.40. The molecule has 5 nitrogen and oxygen atoms in total. The van der Waals surface area contributed by atoms with E-state index in [1.165, 1.54) is 18.4 Å². The van der Waals surface area contributed by atoms with Gasteiger partial charge in [-0.15, -0.1) is 0 Å². The van der Waals surface area contributed by atoms with Gasteiger partial charge < -0.3 is 9.64 Å². The molecule has 2 aliphatic heterocycles. The van der Waals surface area contributed by atoms with Crippen molar-refractivity contribution in [1.82, 2.24) is 14.8 Å². The molecule has 2 aliphatic rings. The Kier molecular flexibility index (Phi) is 5.12. The van der Waals surface area contributed by atoms with Gasteiger partial charge in [0.2, 0.25) is 0 Å². The Bertz CT molecular complexity index is 778. The average Bonchev–Trinajstić information content (AvgIpc) is 3.10. The van der Waals surface area contributed by atoms with Crippen molar-refractivity contribution in [1.29, 1.82) is 0 Å². The number of likely N-dealkylation sites (tertiary alicyclic amines) is 2. The molecule has 0 N–H and O–H groups in total. The molecule has 0 radical (unpaired) electrons. The lowest BCUT2D eigenvalue weighted by Crippen LogP contribution is -2.47. The second-order valence-electron chi connectivity index (χ2n) is 7.88. The van der Waals surface area contributed by atoms with Gasteiger partial charge in [-0.25, -0.2) is 0 Å². The number of piperidine rings is 1. The minimum atomic E-state index is 0.121. The second kappa shape index (κ2) is 7.69. The van der Waals surface area contributed by atoms with Crippen molar-refractivity contribution in [3.63, 3.8) is 0 Å². The van der Waals surface area contributed by atoms with Crippen LogP contribution in [-0.4, -0.2) is 54.0 Å². The van der Waals surface area contributed by atoms with Crippen LogP contribution in [0.2, 0.25) is 0 Å². The Morgan fingerprint density at radius 3 is 2.74 bits per heavy atom. The number of ether oxygens (including phenoxy) is 1. The van der Waals surface area contributed by atoms with Crippen molar-refractivity contribution < 1.29 is 9.53 Å².